The lowest BCUT2D eigenvalue weighted by molar-refractivity contribution is -0.136. The lowest BCUT2D eigenvalue weighted by Gasteiger charge is -2.28. The second-order valence-electron chi connectivity index (χ2n) is 6.01. The van der Waals surface area contributed by atoms with E-state index < -0.39 is 12.0 Å². The topological polar surface area (TPSA) is 76.7 Å². The van der Waals surface area contributed by atoms with E-state index in [1.54, 1.807) is 31.2 Å². The lowest BCUT2D eigenvalue weighted by atomic mass is 9.95. The number of nitrogens with one attached hydrogen (secondary N) is 2. The molecule has 2 aromatic carbocycles. The van der Waals surface area contributed by atoms with Crippen molar-refractivity contribution in [1.82, 2.24) is 10.6 Å². The molecule has 6 nitrogen and oxygen atoms in total. The van der Waals surface area contributed by atoms with Crippen LogP contribution in [-0.2, 0) is 16.1 Å². The van der Waals surface area contributed by atoms with Crippen LogP contribution in [0.25, 0.3) is 0 Å². The third kappa shape index (κ3) is 4.23. The summed E-state index contributed by atoms with van der Waals surface area (Å²) in [6, 6.07) is 13.6. The van der Waals surface area contributed by atoms with Gasteiger partial charge in [-0.05, 0) is 30.7 Å². The smallest absolute Gasteiger partial charge is 0.337 e. The molecule has 7 heteroatoms. The number of benzene rings is 2. The number of hydrogen-bond donors (Lipinski definition) is 2. The number of halogens is 1. The number of amides is 2. The Hall–Kier alpha value is -2.99. The largest absolute Gasteiger partial charge is 0.489 e. The van der Waals surface area contributed by atoms with Crippen LogP contribution in [-0.4, -0.2) is 19.1 Å². The maximum absolute atomic E-state index is 12.2. The van der Waals surface area contributed by atoms with Crippen molar-refractivity contribution in [3.05, 3.63) is 76.0 Å². The highest BCUT2D eigenvalue weighted by atomic mass is 35.5. The molecule has 27 heavy (non-hydrogen) atoms. The molecule has 0 saturated heterocycles. The van der Waals surface area contributed by atoms with Crippen LogP contribution < -0.4 is 15.4 Å². The van der Waals surface area contributed by atoms with E-state index >= 15 is 0 Å². The number of methoxy groups -OCH3 is 1. The van der Waals surface area contributed by atoms with E-state index in [2.05, 4.69) is 10.6 Å². The third-order valence-electron chi connectivity index (χ3n) is 4.22. The summed E-state index contributed by atoms with van der Waals surface area (Å²) in [5.74, 6) is 0.0921. The summed E-state index contributed by atoms with van der Waals surface area (Å²) in [5, 5.41) is 5.98. The first-order valence-electron chi connectivity index (χ1n) is 8.32. The van der Waals surface area contributed by atoms with Crippen molar-refractivity contribution in [1.29, 1.82) is 0 Å². The van der Waals surface area contributed by atoms with Gasteiger partial charge in [0.1, 0.15) is 12.4 Å². The Bertz CT molecular complexity index is 910. The van der Waals surface area contributed by atoms with Gasteiger partial charge in [0, 0.05) is 16.3 Å². The Kier molecular flexibility index (Phi) is 5.66. The van der Waals surface area contributed by atoms with Crippen molar-refractivity contribution in [3.8, 4) is 5.75 Å². The molecule has 0 spiro atoms. The fourth-order valence-corrected chi connectivity index (χ4v) is 3.08. The fourth-order valence-electron chi connectivity index (χ4n) is 2.88. The Morgan fingerprint density at radius 1 is 1.19 bits per heavy atom. The summed E-state index contributed by atoms with van der Waals surface area (Å²) in [7, 11) is 1.30. The number of urea groups is 1. The molecule has 1 heterocycles. The first-order chi connectivity index (χ1) is 13.0. The molecule has 140 valence electrons. The number of ether oxygens (including phenoxy) is 2. The Morgan fingerprint density at radius 3 is 2.70 bits per heavy atom. The minimum Gasteiger partial charge on any atom is -0.489 e. The van der Waals surface area contributed by atoms with Crippen LogP contribution in [0, 0.1) is 0 Å². The predicted molar refractivity (Wildman–Crippen MR) is 101 cm³/mol. The van der Waals surface area contributed by atoms with E-state index in [0.717, 1.165) is 5.56 Å². The minimum atomic E-state index is -0.630. The number of allylic oxidation sites excluding steroid dienone is 1. The molecule has 0 fully saturated rings. The molecule has 1 aliphatic rings. The third-order valence-corrected chi connectivity index (χ3v) is 4.59. The maximum atomic E-state index is 12.2. The molecule has 2 N–H and O–H groups in total. The van der Waals surface area contributed by atoms with Crippen molar-refractivity contribution >= 4 is 23.6 Å². The van der Waals surface area contributed by atoms with E-state index in [1.165, 1.54) is 7.11 Å². The van der Waals surface area contributed by atoms with Gasteiger partial charge in [-0.25, -0.2) is 9.59 Å². The summed E-state index contributed by atoms with van der Waals surface area (Å²) in [6.07, 6.45) is 0. The van der Waals surface area contributed by atoms with Crippen LogP contribution in [0.15, 0.2) is 59.8 Å². The Labute approximate surface area is 162 Å². The molecule has 2 aromatic rings. The fraction of sp³-hybridized carbons (Fsp3) is 0.200. The first kappa shape index (κ1) is 18.8. The Balaban J connectivity index is 1.85. The molecule has 2 amide bonds. The zero-order valence-corrected chi connectivity index (χ0v) is 15.7. The van der Waals surface area contributed by atoms with Crippen LogP contribution >= 0.6 is 11.6 Å². The van der Waals surface area contributed by atoms with Crippen molar-refractivity contribution in [3.63, 3.8) is 0 Å². The van der Waals surface area contributed by atoms with Crippen LogP contribution in [0.3, 0.4) is 0 Å². The standard InChI is InChI=1S/C20H19ClN2O4/c1-12-17(19(24)26-2)18(23-20(25)22-12)13-7-5-8-15(10-13)27-11-14-6-3-4-9-16(14)21/h3-10,18H,11H2,1-2H3,(H2,22,23,25). The SMILES string of the molecule is COC(=O)C1=C(C)NC(=O)NC1c1cccc(OCc2ccccc2Cl)c1. The summed E-state index contributed by atoms with van der Waals surface area (Å²) < 4.78 is 10.7. The van der Waals surface area contributed by atoms with Gasteiger partial charge in [-0.2, -0.15) is 0 Å². The van der Waals surface area contributed by atoms with Crippen LogP contribution in [0.2, 0.25) is 5.02 Å². The molecule has 0 saturated carbocycles. The molecule has 0 aliphatic carbocycles. The van der Waals surface area contributed by atoms with Gasteiger partial charge in [0.15, 0.2) is 0 Å². The van der Waals surface area contributed by atoms with Gasteiger partial charge in [-0.1, -0.05) is 41.9 Å². The van der Waals surface area contributed by atoms with Gasteiger partial charge in [0.2, 0.25) is 0 Å². The van der Waals surface area contributed by atoms with E-state index in [1.807, 2.05) is 24.3 Å². The average Bonchev–Trinajstić information content (AvgIpc) is 2.66. The quantitative estimate of drug-likeness (QED) is 0.768. The number of hydrogen-bond acceptors (Lipinski definition) is 4. The molecular formula is C20H19ClN2O4. The Morgan fingerprint density at radius 2 is 1.96 bits per heavy atom. The van der Waals surface area contributed by atoms with Gasteiger partial charge < -0.3 is 20.1 Å². The van der Waals surface area contributed by atoms with Crippen molar-refractivity contribution < 1.29 is 19.1 Å². The van der Waals surface area contributed by atoms with E-state index in [4.69, 9.17) is 21.1 Å². The number of carbonyl (C=O) groups is 2. The zero-order valence-electron chi connectivity index (χ0n) is 14.9. The highest BCUT2D eigenvalue weighted by molar-refractivity contribution is 6.31. The van der Waals surface area contributed by atoms with Crippen LogP contribution in [0.1, 0.15) is 24.1 Å². The summed E-state index contributed by atoms with van der Waals surface area (Å²) in [5.41, 5.74) is 2.38. The molecule has 0 radical (unpaired) electrons. The van der Waals surface area contributed by atoms with Gasteiger partial charge in [-0.15, -0.1) is 0 Å². The van der Waals surface area contributed by atoms with Gasteiger partial charge in [-0.3, -0.25) is 0 Å². The second-order valence-corrected chi connectivity index (χ2v) is 6.42. The normalized spacial score (nSPS) is 16.4. The predicted octanol–water partition coefficient (Wildman–Crippen LogP) is 3.72. The van der Waals surface area contributed by atoms with Gasteiger partial charge >= 0.3 is 12.0 Å². The molecular weight excluding hydrogens is 368 g/mol. The van der Waals surface area contributed by atoms with Crippen molar-refractivity contribution in [2.75, 3.05) is 7.11 Å². The number of carbonyl (C=O) groups excluding carboxylic acids is 2. The van der Waals surface area contributed by atoms with E-state index in [9.17, 15) is 9.59 Å². The molecule has 3 rings (SSSR count). The molecule has 1 aliphatic heterocycles. The van der Waals surface area contributed by atoms with Crippen molar-refractivity contribution in [2.45, 2.75) is 19.6 Å². The molecule has 1 unspecified atom stereocenters. The monoisotopic (exact) mass is 386 g/mol. The molecule has 1 atom stereocenters. The minimum absolute atomic E-state index is 0.306. The van der Waals surface area contributed by atoms with E-state index in [0.29, 0.717) is 34.2 Å². The summed E-state index contributed by atoms with van der Waals surface area (Å²) in [4.78, 5) is 24.1. The number of esters is 1. The highest BCUT2D eigenvalue weighted by Crippen LogP contribution is 2.30. The van der Waals surface area contributed by atoms with Gasteiger partial charge in [0.05, 0.1) is 18.7 Å². The maximum Gasteiger partial charge on any atom is 0.337 e. The molecule has 0 bridgehead atoms. The van der Waals surface area contributed by atoms with Gasteiger partial charge in [0.25, 0.3) is 0 Å². The summed E-state index contributed by atoms with van der Waals surface area (Å²) >= 11 is 6.15. The lowest BCUT2D eigenvalue weighted by Crippen LogP contribution is -2.45. The molecule has 0 aromatic heterocycles. The summed E-state index contributed by atoms with van der Waals surface area (Å²) in [6.45, 7) is 1.97. The first-order valence-corrected chi connectivity index (χ1v) is 8.70. The van der Waals surface area contributed by atoms with Crippen molar-refractivity contribution in [2.24, 2.45) is 0 Å². The second kappa shape index (κ2) is 8.14. The zero-order chi connectivity index (χ0) is 19.4. The van der Waals surface area contributed by atoms with E-state index in [-0.39, 0.29) is 6.03 Å². The number of rotatable bonds is 5. The van der Waals surface area contributed by atoms with Crippen LogP contribution in [0.4, 0.5) is 4.79 Å². The highest BCUT2D eigenvalue weighted by Gasteiger charge is 2.31. The average molecular weight is 387 g/mol. The van der Waals surface area contributed by atoms with Crippen LogP contribution in [0.5, 0.6) is 5.75 Å².